The summed E-state index contributed by atoms with van der Waals surface area (Å²) in [7, 11) is 0. The largest absolute Gasteiger partial charge is 0.349 e. The van der Waals surface area contributed by atoms with Crippen LogP contribution >= 0.6 is 11.6 Å². The lowest BCUT2D eigenvalue weighted by atomic mass is 9.95. The van der Waals surface area contributed by atoms with Crippen molar-refractivity contribution in [2.45, 2.75) is 58.5 Å². The molecule has 24 heavy (non-hydrogen) atoms. The summed E-state index contributed by atoms with van der Waals surface area (Å²) < 4.78 is 1.87. The first kappa shape index (κ1) is 17.0. The molecular formula is C19H24ClN3O. The summed E-state index contributed by atoms with van der Waals surface area (Å²) in [5.74, 6) is 0.00214. The van der Waals surface area contributed by atoms with Gasteiger partial charge in [0.05, 0.1) is 17.8 Å². The van der Waals surface area contributed by atoms with E-state index in [0.29, 0.717) is 18.2 Å². The van der Waals surface area contributed by atoms with E-state index in [1.807, 2.05) is 42.8 Å². The number of aryl methyl sites for hydroxylation is 1. The first-order chi connectivity index (χ1) is 11.6. The van der Waals surface area contributed by atoms with Crippen molar-refractivity contribution < 1.29 is 4.79 Å². The Balaban J connectivity index is 1.78. The molecule has 1 N–H and O–H groups in total. The minimum atomic E-state index is 0.00214. The number of nitrogens with one attached hydrogen (secondary N) is 1. The number of aromatic nitrogens is 2. The van der Waals surface area contributed by atoms with E-state index in [1.54, 1.807) is 0 Å². The van der Waals surface area contributed by atoms with Crippen LogP contribution in [0.25, 0.3) is 0 Å². The quantitative estimate of drug-likeness (QED) is 0.899. The van der Waals surface area contributed by atoms with Gasteiger partial charge in [-0.2, -0.15) is 5.10 Å². The third-order valence-electron chi connectivity index (χ3n) is 4.83. The molecule has 3 rings (SSSR count). The smallest absolute Gasteiger partial charge is 0.255 e. The monoisotopic (exact) mass is 345 g/mol. The predicted molar refractivity (Wildman–Crippen MR) is 96.6 cm³/mol. The molecule has 0 bridgehead atoms. The summed E-state index contributed by atoms with van der Waals surface area (Å²) in [6, 6.07) is 8.04. The van der Waals surface area contributed by atoms with Gasteiger partial charge in [0.1, 0.15) is 0 Å². The SMILES string of the molecule is Cc1nn(Cc2ccccc2Cl)c(C)c1C(=O)NC1CCCCC1. The molecule has 0 unspecified atom stereocenters. The minimum Gasteiger partial charge on any atom is -0.349 e. The van der Waals surface area contributed by atoms with Crippen molar-refractivity contribution in [3.63, 3.8) is 0 Å². The van der Waals surface area contributed by atoms with E-state index < -0.39 is 0 Å². The predicted octanol–water partition coefficient (Wildman–Crippen LogP) is 4.26. The van der Waals surface area contributed by atoms with Crippen LogP contribution in [0.1, 0.15) is 59.4 Å². The highest BCUT2D eigenvalue weighted by Crippen LogP contribution is 2.21. The van der Waals surface area contributed by atoms with Crippen LogP contribution in [0, 0.1) is 13.8 Å². The maximum absolute atomic E-state index is 12.7. The fourth-order valence-electron chi connectivity index (χ4n) is 3.47. The summed E-state index contributed by atoms with van der Waals surface area (Å²) in [6.45, 7) is 4.42. The highest BCUT2D eigenvalue weighted by atomic mass is 35.5. The zero-order valence-corrected chi connectivity index (χ0v) is 15.1. The van der Waals surface area contributed by atoms with Crippen LogP contribution in [0.15, 0.2) is 24.3 Å². The van der Waals surface area contributed by atoms with E-state index in [4.69, 9.17) is 11.6 Å². The van der Waals surface area contributed by atoms with E-state index in [1.165, 1.54) is 19.3 Å². The summed E-state index contributed by atoms with van der Waals surface area (Å²) in [4.78, 5) is 12.7. The fraction of sp³-hybridized carbons (Fsp3) is 0.474. The normalized spacial score (nSPS) is 15.5. The number of hydrogen-bond acceptors (Lipinski definition) is 2. The zero-order valence-electron chi connectivity index (χ0n) is 14.3. The number of benzene rings is 1. The first-order valence-electron chi connectivity index (χ1n) is 8.64. The highest BCUT2D eigenvalue weighted by Gasteiger charge is 2.22. The van der Waals surface area contributed by atoms with Crippen molar-refractivity contribution in [2.75, 3.05) is 0 Å². The summed E-state index contributed by atoms with van der Waals surface area (Å²) in [6.07, 6.45) is 5.85. The number of hydrogen-bond donors (Lipinski definition) is 1. The number of nitrogens with zero attached hydrogens (tertiary/aromatic N) is 2. The molecule has 1 aromatic heterocycles. The molecule has 0 radical (unpaired) electrons. The maximum atomic E-state index is 12.7. The lowest BCUT2D eigenvalue weighted by Crippen LogP contribution is -2.36. The van der Waals surface area contributed by atoms with Crippen LogP contribution in [0.4, 0.5) is 0 Å². The average Bonchev–Trinajstić information content (AvgIpc) is 2.84. The number of amides is 1. The number of carbonyl (C=O) groups is 1. The Morgan fingerprint density at radius 2 is 1.96 bits per heavy atom. The average molecular weight is 346 g/mol. The van der Waals surface area contributed by atoms with Gasteiger partial charge >= 0.3 is 0 Å². The van der Waals surface area contributed by atoms with Gasteiger partial charge in [-0.3, -0.25) is 9.48 Å². The first-order valence-corrected chi connectivity index (χ1v) is 9.02. The second kappa shape index (κ2) is 7.39. The Bertz CT molecular complexity index is 732. The summed E-state index contributed by atoms with van der Waals surface area (Å²) in [5.41, 5.74) is 3.37. The van der Waals surface area contributed by atoms with Crippen LogP contribution in [0.3, 0.4) is 0 Å². The van der Waals surface area contributed by atoms with Gasteiger partial charge in [-0.1, -0.05) is 49.1 Å². The van der Waals surface area contributed by atoms with Crippen molar-refractivity contribution in [3.8, 4) is 0 Å². The van der Waals surface area contributed by atoms with Crippen molar-refractivity contribution in [3.05, 3.63) is 51.8 Å². The molecule has 0 aliphatic heterocycles. The van der Waals surface area contributed by atoms with Gasteiger partial charge in [-0.15, -0.1) is 0 Å². The maximum Gasteiger partial charge on any atom is 0.255 e. The molecule has 4 nitrogen and oxygen atoms in total. The molecule has 1 fully saturated rings. The van der Waals surface area contributed by atoms with Gasteiger partial charge in [-0.25, -0.2) is 0 Å². The van der Waals surface area contributed by atoms with Gasteiger partial charge in [0.25, 0.3) is 5.91 Å². The van der Waals surface area contributed by atoms with Gasteiger partial charge in [0.2, 0.25) is 0 Å². The van der Waals surface area contributed by atoms with E-state index >= 15 is 0 Å². The van der Waals surface area contributed by atoms with Gasteiger partial charge in [0, 0.05) is 16.8 Å². The van der Waals surface area contributed by atoms with Gasteiger partial charge in [-0.05, 0) is 38.3 Å². The molecule has 1 saturated carbocycles. The second-order valence-corrected chi connectivity index (χ2v) is 7.01. The lowest BCUT2D eigenvalue weighted by molar-refractivity contribution is 0.0926. The van der Waals surface area contributed by atoms with E-state index in [2.05, 4.69) is 10.4 Å². The van der Waals surface area contributed by atoms with E-state index in [9.17, 15) is 4.79 Å². The van der Waals surface area contributed by atoms with Gasteiger partial charge in [0.15, 0.2) is 0 Å². The molecule has 1 aliphatic rings. The van der Waals surface area contributed by atoms with Crippen molar-refractivity contribution in [2.24, 2.45) is 0 Å². The second-order valence-electron chi connectivity index (χ2n) is 6.60. The van der Waals surface area contributed by atoms with E-state index in [-0.39, 0.29) is 5.91 Å². The van der Waals surface area contributed by atoms with Crippen molar-refractivity contribution in [1.82, 2.24) is 15.1 Å². The highest BCUT2D eigenvalue weighted by molar-refractivity contribution is 6.31. The van der Waals surface area contributed by atoms with Crippen LogP contribution in [0.5, 0.6) is 0 Å². The number of rotatable bonds is 4. The third kappa shape index (κ3) is 3.64. The topological polar surface area (TPSA) is 46.9 Å². The molecule has 128 valence electrons. The van der Waals surface area contributed by atoms with Gasteiger partial charge < -0.3 is 5.32 Å². The lowest BCUT2D eigenvalue weighted by Gasteiger charge is -2.22. The Labute approximate surface area is 148 Å². The van der Waals surface area contributed by atoms with Crippen LogP contribution in [0.2, 0.25) is 5.02 Å². The molecule has 1 heterocycles. The molecule has 0 saturated heterocycles. The Hall–Kier alpha value is -1.81. The molecular weight excluding hydrogens is 322 g/mol. The summed E-state index contributed by atoms with van der Waals surface area (Å²) >= 11 is 6.24. The molecule has 2 aromatic rings. The third-order valence-corrected chi connectivity index (χ3v) is 5.20. The minimum absolute atomic E-state index is 0.00214. The Morgan fingerprint density at radius 3 is 2.67 bits per heavy atom. The molecule has 1 aliphatic carbocycles. The molecule has 0 spiro atoms. The van der Waals surface area contributed by atoms with Crippen LogP contribution < -0.4 is 5.32 Å². The van der Waals surface area contributed by atoms with Crippen LogP contribution in [-0.4, -0.2) is 21.7 Å². The molecule has 0 atom stereocenters. The Morgan fingerprint density at radius 1 is 1.25 bits per heavy atom. The number of carbonyl (C=O) groups excluding carboxylic acids is 1. The van der Waals surface area contributed by atoms with Crippen LogP contribution in [-0.2, 0) is 6.54 Å². The van der Waals surface area contributed by atoms with Crippen molar-refractivity contribution >= 4 is 17.5 Å². The molecule has 1 amide bonds. The Kier molecular flexibility index (Phi) is 5.24. The van der Waals surface area contributed by atoms with E-state index in [0.717, 1.165) is 34.8 Å². The zero-order chi connectivity index (χ0) is 17.1. The molecule has 1 aromatic carbocycles. The molecule has 5 heteroatoms. The van der Waals surface area contributed by atoms with Crippen molar-refractivity contribution in [1.29, 1.82) is 0 Å². The number of halogens is 1. The summed E-state index contributed by atoms with van der Waals surface area (Å²) in [5, 5.41) is 8.47. The standard InChI is InChI=1S/C19H24ClN3O/c1-13-18(19(24)21-16-9-4-3-5-10-16)14(2)23(22-13)12-15-8-6-7-11-17(15)20/h6-8,11,16H,3-5,9-10,12H2,1-2H3,(H,21,24). The fourth-order valence-corrected chi connectivity index (χ4v) is 3.67.